The fraction of sp³-hybridized carbons (Fsp3) is 0.386. The minimum atomic E-state index is -1.12. The zero-order valence-electron chi connectivity index (χ0n) is 40.7. The molecule has 0 bridgehead atoms. The van der Waals surface area contributed by atoms with Crippen LogP contribution in [0.2, 0.25) is 0 Å². The number of nitrogens with zero attached hydrogens (tertiary/aromatic N) is 4. The topological polar surface area (TPSA) is 43.8 Å². The molecule has 5 nitrogen and oxygen atoms in total. The van der Waals surface area contributed by atoms with Gasteiger partial charge in [0.1, 0.15) is 5.95 Å². The van der Waals surface area contributed by atoms with E-state index in [0.29, 0.717) is 5.69 Å². The summed E-state index contributed by atoms with van der Waals surface area (Å²) in [6, 6.07) is 30.6. The molecular weight excluding hydrogens is 990 g/mol. The number of fused-ring (bicyclic) bond motifs is 9. The molecular formula is C57H60F2N4OPt-2. The van der Waals surface area contributed by atoms with Gasteiger partial charge in [0.25, 0.3) is 0 Å². The summed E-state index contributed by atoms with van der Waals surface area (Å²) in [5.74, 6) is -2.25. The number of para-hydroxylation sites is 1. The number of ether oxygens (including phenoxy) is 1. The van der Waals surface area contributed by atoms with Gasteiger partial charge in [0.15, 0.2) is 5.95 Å². The number of aryl methyl sites for hydroxylation is 1. The molecule has 4 aromatic carbocycles. The molecule has 4 heterocycles. The van der Waals surface area contributed by atoms with Gasteiger partial charge >= 0.3 is 0 Å². The summed E-state index contributed by atoms with van der Waals surface area (Å²) in [6.45, 7) is 33.9. The summed E-state index contributed by atoms with van der Waals surface area (Å²) in [5.41, 5.74) is 14.5. The van der Waals surface area contributed by atoms with Crippen molar-refractivity contribution in [2.75, 3.05) is 0 Å². The van der Waals surface area contributed by atoms with Gasteiger partial charge in [-0.2, -0.15) is 6.07 Å². The molecule has 340 valence electrons. The number of hydrogen-bond acceptors (Lipinski definition) is 3. The third-order valence-electron chi connectivity index (χ3n) is 13.4. The molecule has 8 heteroatoms. The van der Waals surface area contributed by atoms with Gasteiger partial charge < -0.3 is 18.9 Å². The summed E-state index contributed by atoms with van der Waals surface area (Å²) in [4.78, 5) is 8.07. The molecule has 2 aliphatic rings. The quantitative estimate of drug-likeness (QED) is 0.101. The number of pyridine rings is 2. The van der Waals surface area contributed by atoms with E-state index >= 15 is 8.78 Å². The molecule has 0 saturated carbocycles. The zero-order chi connectivity index (χ0) is 46.4. The van der Waals surface area contributed by atoms with E-state index in [-0.39, 0.29) is 65.2 Å². The molecule has 65 heavy (non-hydrogen) atoms. The third kappa shape index (κ3) is 7.30. The first kappa shape index (κ1) is 46.5. The first-order chi connectivity index (χ1) is 29.6. The Morgan fingerprint density at radius 1 is 0.631 bits per heavy atom. The van der Waals surface area contributed by atoms with E-state index in [4.69, 9.17) is 4.74 Å². The van der Waals surface area contributed by atoms with Crippen molar-refractivity contribution in [3.8, 4) is 39.6 Å². The molecule has 3 aromatic heterocycles. The van der Waals surface area contributed by atoms with Gasteiger partial charge in [-0.3, -0.25) is 4.98 Å². The van der Waals surface area contributed by atoms with Crippen LogP contribution in [0.3, 0.4) is 0 Å². The molecule has 7 aromatic rings. The van der Waals surface area contributed by atoms with Crippen LogP contribution in [0.25, 0.3) is 39.1 Å². The maximum Gasteiger partial charge on any atom is 0.242 e. The van der Waals surface area contributed by atoms with Crippen LogP contribution in [0.4, 0.5) is 8.78 Å². The molecule has 0 fully saturated rings. The molecule has 0 amide bonds. The van der Waals surface area contributed by atoms with Crippen LogP contribution in [-0.4, -0.2) is 14.5 Å². The van der Waals surface area contributed by atoms with Crippen molar-refractivity contribution in [1.82, 2.24) is 14.5 Å². The average Bonchev–Trinajstić information content (AvgIpc) is 3.68. The number of halogens is 2. The van der Waals surface area contributed by atoms with Crippen LogP contribution < -0.4 is 9.30 Å². The first-order valence-corrected chi connectivity index (χ1v) is 22.4. The van der Waals surface area contributed by atoms with Gasteiger partial charge in [0.05, 0.1) is 23.8 Å². The third-order valence-corrected chi connectivity index (χ3v) is 13.4. The second-order valence-corrected chi connectivity index (χ2v) is 23.2. The number of aromatic nitrogens is 4. The predicted octanol–water partition coefficient (Wildman–Crippen LogP) is 13.5. The maximum absolute atomic E-state index is 15.8. The average molecular weight is 1050 g/mol. The largest absolute Gasteiger partial charge is 0.499 e. The van der Waals surface area contributed by atoms with Gasteiger partial charge in [-0.05, 0) is 94.5 Å². The maximum atomic E-state index is 15.8. The SMILES string of the molecule is C[n+]1[c-]n2c3c(cccc31)C1(c3ccc(Oc4[c-]c(-c5cc(C(C)(C)C)ccn5)c(F)nc4F)[c-]c3-2)c2c(cc(C(C)(C)C)cc2C(C)(C)C)-c2cc(C(C)(C)C)cc(C(C)(C)C)c21.[Pt]. The first-order valence-electron chi connectivity index (χ1n) is 22.4. The molecule has 1 aliphatic heterocycles. The van der Waals surface area contributed by atoms with Crippen molar-refractivity contribution >= 4 is 11.0 Å². The van der Waals surface area contributed by atoms with Crippen LogP contribution in [0.5, 0.6) is 11.5 Å². The second-order valence-electron chi connectivity index (χ2n) is 23.2. The Kier molecular flexibility index (Phi) is 10.7. The molecule has 0 saturated heterocycles. The fourth-order valence-corrected chi connectivity index (χ4v) is 9.92. The standard InChI is InChI=1S/C57H60F2N4O.Pt/c1-52(2,3)32-22-23-60-43(28-32)38-30-46(51(59)61-50(38)58)64-35-20-21-39-45(29-35)63-31-62(16)44-19-17-18-40(49(44)63)57(39)47-36(24-33(53(4,5)6)26-41(47)55(10,11)12)37-25-34(54(7,8)9)27-42(48(37)57)56(13,14)15;/h17-28H,1-16H3;/q-2;. The Hall–Kier alpha value is -5.00. The number of hydrogen-bond donors (Lipinski definition) is 0. The van der Waals surface area contributed by atoms with Gasteiger partial charge in [-0.25, -0.2) is 8.78 Å². The van der Waals surface area contributed by atoms with Crippen molar-refractivity contribution in [3.63, 3.8) is 0 Å². The predicted molar refractivity (Wildman–Crippen MR) is 253 cm³/mol. The van der Waals surface area contributed by atoms with Gasteiger partial charge in [0, 0.05) is 38.4 Å². The minimum Gasteiger partial charge on any atom is -0.499 e. The van der Waals surface area contributed by atoms with Gasteiger partial charge in [0.2, 0.25) is 6.33 Å². The molecule has 0 radical (unpaired) electrons. The van der Waals surface area contributed by atoms with E-state index in [9.17, 15) is 0 Å². The summed E-state index contributed by atoms with van der Waals surface area (Å²) in [6.07, 6.45) is 5.23. The summed E-state index contributed by atoms with van der Waals surface area (Å²) < 4.78 is 41.8. The van der Waals surface area contributed by atoms with Crippen molar-refractivity contribution < 1.29 is 39.2 Å². The van der Waals surface area contributed by atoms with Crippen LogP contribution in [0.15, 0.2) is 72.9 Å². The van der Waals surface area contributed by atoms with Crippen LogP contribution in [0.1, 0.15) is 154 Å². The minimum absolute atomic E-state index is 0. The molecule has 0 unspecified atom stereocenters. The Morgan fingerprint density at radius 2 is 1.20 bits per heavy atom. The van der Waals surface area contributed by atoms with Crippen LogP contribution in [-0.2, 0) is 60.6 Å². The molecule has 9 rings (SSSR count). The second kappa shape index (κ2) is 15.0. The van der Waals surface area contributed by atoms with Gasteiger partial charge in [-0.1, -0.05) is 170 Å². The molecule has 1 spiro atoms. The van der Waals surface area contributed by atoms with E-state index in [0.717, 1.165) is 33.4 Å². The van der Waals surface area contributed by atoms with Crippen molar-refractivity contribution in [2.24, 2.45) is 7.05 Å². The zero-order valence-corrected chi connectivity index (χ0v) is 43.0. The number of imidazole rings is 1. The Morgan fingerprint density at radius 3 is 1.74 bits per heavy atom. The summed E-state index contributed by atoms with van der Waals surface area (Å²) in [5, 5.41) is 0. The molecule has 0 atom stereocenters. The monoisotopic (exact) mass is 1050 g/mol. The van der Waals surface area contributed by atoms with Crippen LogP contribution in [0, 0.1) is 30.4 Å². The van der Waals surface area contributed by atoms with E-state index in [2.05, 4.69) is 185 Å². The Balaban J connectivity index is 0.00000576. The molecule has 0 N–H and O–H groups in total. The molecule has 1 aliphatic carbocycles. The fourth-order valence-electron chi connectivity index (χ4n) is 9.92. The normalized spacial score (nSPS) is 14.3. The van der Waals surface area contributed by atoms with Crippen LogP contribution >= 0.6 is 0 Å². The smallest absolute Gasteiger partial charge is 0.242 e. The summed E-state index contributed by atoms with van der Waals surface area (Å²) >= 11 is 0. The van der Waals surface area contributed by atoms with E-state index in [1.807, 2.05) is 23.7 Å². The Bertz CT molecular complexity index is 3010. The summed E-state index contributed by atoms with van der Waals surface area (Å²) in [7, 11) is 2.02. The van der Waals surface area contributed by atoms with Gasteiger partial charge in [-0.15, -0.1) is 17.7 Å². The number of rotatable bonds is 3. The number of benzene rings is 4. The van der Waals surface area contributed by atoms with Crippen molar-refractivity contribution in [3.05, 3.63) is 153 Å². The van der Waals surface area contributed by atoms with E-state index < -0.39 is 17.3 Å². The van der Waals surface area contributed by atoms with E-state index in [1.165, 1.54) is 44.5 Å². The van der Waals surface area contributed by atoms with Crippen molar-refractivity contribution in [1.29, 1.82) is 0 Å². The van der Waals surface area contributed by atoms with Crippen molar-refractivity contribution in [2.45, 2.75) is 136 Å². The Labute approximate surface area is 399 Å². The van der Waals surface area contributed by atoms with E-state index in [1.54, 1.807) is 12.3 Å².